The highest BCUT2D eigenvalue weighted by Crippen LogP contribution is 2.34. The third kappa shape index (κ3) is 6.21. The van der Waals surface area contributed by atoms with Crippen LogP contribution in [0.5, 0.6) is 5.75 Å². The number of ether oxygens (including phenoxy) is 1. The Labute approximate surface area is 153 Å². The number of halogens is 3. The van der Waals surface area contributed by atoms with Crippen molar-refractivity contribution in [2.24, 2.45) is 0 Å². The lowest BCUT2D eigenvalue weighted by Crippen LogP contribution is -2.38. The summed E-state index contributed by atoms with van der Waals surface area (Å²) in [6.45, 7) is 1.51. The van der Waals surface area contributed by atoms with Gasteiger partial charge in [0.15, 0.2) is 0 Å². The Morgan fingerprint density at radius 3 is 2.41 bits per heavy atom. The smallest absolute Gasteiger partial charge is 0.416 e. The summed E-state index contributed by atoms with van der Waals surface area (Å²) in [6.07, 6.45) is -4.53. The molecule has 0 aliphatic carbocycles. The van der Waals surface area contributed by atoms with E-state index in [1.54, 1.807) is 37.3 Å². The van der Waals surface area contributed by atoms with Gasteiger partial charge in [0.1, 0.15) is 5.75 Å². The Kier molecular flexibility index (Phi) is 6.64. The number of alkyl halides is 3. The molecule has 0 fully saturated rings. The molecular formula is C18H18F3N3O3. The predicted octanol–water partition coefficient (Wildman–Crippen LogP) is 3.86. The molecule has 0 saturated heterocycles. The summed E-state index contributed by atoms with van der Waals surface area (Å²) in [4.78, 5) is 23.6. The molecule has 6 nitrogen and oxygen atoms in total. The van der Waals surface area contributed by atoms with Crippen molar-refractivity contribution in [3.8, 4) is 5.75 Å². The highest BCUT2D eigenvalue weighted by atomic mass is 19.4. The molecule has 9 heteroatoms. The first kappa shape index (κ1) is 20.1. The first-order chi connectivity index (χ1) is 12.8. The number of carbonyl (C=O) groups is 2. The molecule has 2 aromatic rings. The monoisotopic (exact) mass is 381 g/mol. The Morgan fingerprint density at radius 1 is 1.07 bits per heavy atom. The van der Waals surface area contributed by atoms with Crippen molar-refractivity contribution < 1.29 is 27.5 Å². The standard InChI is InChI=1S/C18H18F3N3O3/c1-2-27-15-9-8-12(18(19,20)21)10-14(15)22-11-16(25)24-17(26)23-13-6-4-3-5-7-13/h3-10,22H,2,11H2,1H3,(H2,23,24,25,26). The Morgan fingerprint density at radius 2 is 1.78 bits per heavy atom. The second kappa shape index (κ2) is 8.93. The van der Waals surface area contributed by atoms with E-state index in [1.165, 1.54) is 6.07 Å². The van der Waals surface area contributed by atoms with Gasteiger partial charge in [-0.2, -0.15) is 13.2 Å². The molecule has 0 aromatic heterocycles. The van der Waals surface area contributed by atoms with Gasteiger partial charge in [-0.15, -0.1) is 0 Å². The third-order valence-corrected chi connectivity index (χ3v) is 3.33. The van der Waals surface area contributed by atoms with Crippen LogP contribution in [0.15, 0.2) is 48.5 Å². The fraction of sp³-hybridized carbons (Fsp3) is 0.222. The van der Waals surface area contributed by atoms with Gasteiger partial charge in [-0.25, -0.2) is 4.79 Å². The maximum Gasteiger partial charge on any atom is 0.416 e. The maximum absolute atomic E-state index is 12.9. The number of nitrogens with one attached hydrogen (secondary N) is 3. The SMILES string of the molecule is CCOc1ccc(C(F)(F)F)cc1NCC(=O)NC(=O)Nc1ccccc1. The van der Waals surface area contributed by atoms with Crippen LogP contribution in [0.4, 0.5) is 29.3 Å². The normalized spacial score (nSPS) is 10.8. The van der Waals surface area contributed by atoms with Crippen LogP contribution in [0.1, 0.15) is 12.5 Å². The summed E-state index contributed by atoms with van der Waals surface area (Å²) < 4.78 is 43.8. The van der Waals surface area contributed by atoms with Crippen LogP contribution in [0.3, 0.4) is 0 Å². The number of rotatable bonds is 6. The van der Waals surface area contributed by atoms with Crippen molar-refractivity contribution in [1.29, 1.82) is 0 Å². The van der Waals surface area contributed by atoms with Crippen molar-refractivity contribution in [2.45, 2.75) is 13.1 Å². The second-order valence-corrected chi connectivity index (χ2v) is 5.36. The number of amides is 3. The zero-order valence-electron chi connectivity index (χ0n) is 14.4. The van der Waals surface area contributed by atoms with Gasteiger partial charge in [-0.05, 0) is 37.3 Å². The Balaban J connectivity index is 1.97. The van der Waals surface area contributed by atoms with Crippen LogP contribution >= 0.6 is 0 Å². The largest absolute Gasteiger partial charge is 0.492 e. The number of imide groups is 1. The summed E-state index contributed by atoms with van der Waals surface area (Å²) in [5, 5.41) is 7.10. The Bertz CT molecular complexity index is 795. The van der Waals surface area contributed by atoms with Crippen LogP contribution in [0, 0.1) is 0 Å². The first-order valence-electron chi connectivity index (χ1n) is 8.03. The van der Waals surface area contributed by atoms with Gasteiger partial charge in [-0.3, -0.25) is 10.1 Å². The van der Waals surface area contributed by atoms with Crippen molar-refractivity contribution in [2.75, 3.05) is 23.8 Å². The molecule has 144 valence electrons. The van der Waals surface area contributed by atoms with Crippen LogP contribution in [0.2, 0.25) is 0 Å². The van der Waals surface area contributed by atoms with Crippen molar-refractivity contribution in [3.63, 3.8) is 0 Å². The average molecular weight is 381 g/mol. The lowest BCUT2D eigenvalue weighted by Gasteiger charge is -2.15. The number of anilines is 2. The topological polar surface area (TPSA) is 79.5 Å². The number of benzene rings is 2. The van der Waals surface area contributed by atoms with E-state index in [4.69, 9.17) is 4.74 Å². The minimum atomic E-state index is -4.53. The zero-order chi connectivity index (χ0) is 19.9. The molecule has 0 aliphatic rings. The molecule has 0 aliphatic heterocycles. The predicted molar refractivity (Wildman–Crippen MR) is 94.7 cm³/mol. The fourth-order valence-electron chi connectivity index (χ4n) is 2.16. The van der Waals surface area contributed by atoms with E-state index >= 15 is 0 Å². The second-order valence-electron chi connectivity index (χ2n) is 5.36. The molecule has 3 N–H and O–H groups in total. The van der Waals surface area contributed by atoms with E-state index in [-0.39, 0.29) is 18.0 Å². The minimum absolute atomic E-state index is 0.00490. The number of hydrogen-bond acceptors (Lipinski definition) is 4. The molecule has 0 radical (unpaired) electrons. The van der Waals surface area contributed by atoms with Gasteiger partial charge in [0.05, 0.1) is 24.4 Å². The third-order valence-electron chi connectivity index (χ3n) is 3.33. The van der Waals surface area contributed by atoms with E-state index in [1.807, 2.05) is 0 Å². The minimum Gasteiger partial charge on any atom is -0.492 e. The van der Waals surface area contributed by atoms with E-state index in [2.05, 4.69) is 16.0 Å². The highest BCUT2D eigenvalue weighted by Gasteiger charge is 2.31. The quantitative estimate of drug-likeness (QED) is 0.710. The molecule has 0 atom stereocenters. The lowest BCUT2D eigenvalue weighted by atomic mass is 10.1. The van der Waals surface area contributed by atoms with Crippen molar-refractivity contribution in [3.05, 3.63) is 54.1 Å². The van der Waals surface area contributed by atoms with Crippen molar-refractivity contribution in [1.82, 2.24) is 5.32 Å². The summed E-state index contributed by atoms with van der Waals surface area (Å²) in [5.74, 6) is -0.546. The summed E-state index contributed by atoms with van der Waals surface area (Å²) >= 11 is 0. The van der Waals surface area contributed by atoms with Crippen LogP contribution < -0.4 is 20.7 Å². The lowest BCUT2D eigenvalue weighted by molar-refractivity contribution is -0.137. The summed E-state index contributed by atoms with van der Waals surface area (Å²) in [7, 11) is 0. The van der Waals surface area contributed by atoms with Crippen LogP contribution in [-0.4, -0.2) is 25.1 Å². The van der Waals surface area contributed by atoms with E-state index in [0.29, 0.717) is 5.69 Å². The number of para-hydroxylation sites is 1. The number of urea groups is 1. The molecule has 0 spiro atoms. The van der Waals surface area contributed by atoms with Gasteiger partial charge >= 0.3 is 12.2 Å². The molecular weight excluding hydrogens is 363 g/mol. The van der Waals surface area contributed by atoms with Gasteiger partial charge in [0.2, 0.25) is 5.91 Å². The molecule has 0 bridgehead atoms. The van der Waals surface area contributed by atoms with Gasteiger partial charge in [0, 0.05) is 5.69 Å². The molecule has 0 saturated carbocycles. The molecule has 0 heterocycles. The first-order valence-corrected chi connectivity index (χ1v) is 8.03. The van der Waals surface area contributed by atoms with Crippen LogP contribution in [0.25, 0.3) is 0 Å². The van der Waals surface area contributed by atoms with Crippen molar-refractivity contribution >= 4 is 23.3 Å². The van der Waals surface area contributed by atoms with E-state index < -0.39 is 30.2 Å². The fourth-order valence-corrected chi connectivity index (χ4v) is 2.16. The zero-order valence-corrected chi connectivity index (χ0v) is 14.4. The molecule has 2 rings (SSSR count). The molecule has 0 unspecified atom stereocenters. The van der Waals surface area contributed by atoms with Gasteiger partial charge in [-0.1, -0.05) is 18.2 Å². The summed E-state index contributed by atoms with van der Waals surface area (Å²) in [6, 6.07) is 10.6. The summed E-state index contributed by atoms with van der Waals surface area (Å²) in [5.41, 5.74) is -0.381. The highest BCUT2D eigenvalue weighted by molar-refractivity contribution is 6.02. The number of hydrogen-bond donors (Lipinski definition) is 3. The van der Waals surface area contributed by atoms with E-state index in [0.717, 1.165) is 12.1 Å². The molecule has 27 heavy (non-hydrogen) atoms. The van der Waals surface area contributed by atoms with Gasteiger partial charge in [0.25, 0.3) is 0 Å². The Hall–Kier alpha value is -3.23. The van der Waals surface area contributed by atoms with E-state index in [9.17, 15) is 22.8 Å². The van der Waals surface area contributed by atoms with Gasteiger partial charge < -0.3 is 15.4 Å². The molecule has 2 aromatic carbocycles. The van der Waals surface area contributed by atoms with Crippen LogP contribution in [-0.2, 0) is 11.0 Å². The molecule has 3 amide bonds. The average Bonchev–Trinajstić information content (AvgIpc) is 2.61. The number of carbonyl (C=O) groups excluding carboxylic acids is 2. The maximum atomic E-state index is 12.9.